The van der Waals surface area contributed by atoms with E-state index >= 15 is 0 Å². The van der Waals surface area contributed by atoms with Gasteiger partial charge in [0.2, 0.25) is 0 Å². The zero-order chi connectivity index (χ0) is 15.1. The third-order valence-electron chi connectivity index (χ3n) is 3.76. The van der Waals surface area contributed by atoms with E-state index in [-0.39, 0.29) is 0 Å². The molecular formula is C15H28ClN3O. The van der Waals surface area contributed by atoms with Gasteiger partial charge in [0.1, 0.15) is 0 Å². The fourth-order valence-corrected chi connectivity index (χ4v) is 2.76. The van der Waals surface area contributed by atoms with Crippen molar-refractivity contribution < 1.29 is 4.74 Å². The first-order valence-corrected chi connectivity index (χ1v) is 7.87. The summed E-state index contributed by atoms with van der Waals surface area (Å²) in [5, 5.41) is 8.85. The monoisotopic (exact) mass is 301 g/mol. The van der Waals surface area contributed by atoms with Crippen molar-refractivity contribution >= 4 is 11.6 Å². The fourth-order valence-electron chi connectivity index (χ4n) is 2.39. The molecule has 1 N–H and O–H groups in total. The molecule has 0 aliphatic heterocycles. The Kier molecular flexibility index (Phi) is 7.56. The molecule has 1 aromatic rings. The van der Waals surface area contributed by atoms with E-state index in [9.17, 15) is 0 Å². The Morgan fingerprint density at radius 2 is 2.05 bits per heavy atom. The van der Waals surface area contributed by atoms with Crippen LogP contribution in [0.4, 0.5) is 0 Å². The van der Waals surface area contributed by atoms with Crippen LogP contribution in [0.2, 0.25) is 5.02 Å². The number of likely N-dealkylation sites (N-methyl/N-ethyl adjacent to an activating group) is 1. The first-order valence-electron chi connectivity index (χ1n) is 7.49. The lowest BCUT2D eigenvalue weighted by molar-refractivity contribution is 0.106. The van der Waals surface area contributed by atoms with Gasteiger partial charge in [0.15, 0.2) is 0 Å². The molecule has 0 fully saturated rings. The van der Waals surface area contributed by atoms with Crippen molar-refractivity contribution in [1.82, 2.24) is 15.1 Å². The molecule has 0 amide bonds. The van der Waals surface area contributed by atoms with Crippen molar-refractivity contribution in [3.05, 3.63) is 16.4 Å². The summed E-state index contributed by atoms with van der Waals surface area (Å²) in [6.07, 6.45) is 4.20. The van der Waals surface area contributed by atoms with Gasteiger partial charge in [-0.1, -0.05) is 25.4 Å². The van der Waals surface area contributed by atoms with Crippen LogP contribution in [0.1, 0.15) is 45.0 Å². The zero-order valence-electron chi connectivity index (χ0n) is 13.4. The van der Waals surface area contributed by atoms with Crippen molar-refractivity contribution in [2.75, 3.05) is 13.7 Å². The highest BCUT2D eigenvalue weighted by atomic mass is 35.5. The molecule has 4 nitrogen and oxygen atoms in total. The maximum Gasteiger partial charge on any atom is 0.0850 e. The van der Waals surface area contributed by atoms with E-state index in [2.05, 4.69) is 31.2 Å². The van der Waals surface area contributed by atoms with E-state index in [4.69, 9.17) is 16.3 Å². The summed E-state index contributed by atoms with van der Waals surface area (Å²) in [5.74, 6) is 0. The van der Waals surface area contributed by atoms with Crippen LogP contribution in [-0.2, 0) is 24.6 Å². The molecule has 0 bridgehead atoms. The smallest absolute Gasteiger partial charge is 0.0850 e. The topological polar surface area (TPSA) is 39.1 Å². The molecule has 0 aliphatic rings. The normalized spacial score (nSPS) is 14.5. The van der Waals surface area contributed by atoms with Gasteiger partial charge in [-0.05, 0) is 32.7 Å². The summed E-state index contributed by atoms with van der Waals surface area (Å²) in [7, 11) is 3.74. The number of aromatic nitrogens is 2. The number of methoxy groups -OCH3 is 1. The third kappa shape index (κ3) is 4.76. The third-order valence-corrected chi connectivity index (χ3v) is 4.20. The molecule has 20 heavy (non-hydrogen) atoms. The largest absolute Gasteiger partial charge is 0.382 e. The van der Waals surface area contributed by atoms with Gasteiger partial charge < -0.3 is 10.1 Å². The van der Waals surface area contributed by atoms with Crippen LogP contribution in [0.3, 0.4) is 0 Å². The van der Waals surface area contributed by atoms with E-state index in [0.717, 1.165) is 48.6 Å². The molecule has 0 radical (unpaired) electrons. The lowest BCUT2D eigenvalue weighted by Crippen LogP contribution is -2.32. The molecule has 0 aliphatic carbocycles. The maximum atomic E-state index is 6.43. The van der Waals surface area contributed by atoms with Crippen molar-refractivity contribution in [3.63, 3.8) is 0 Å². The van der Waals surface area contributed by atoms with Gasteiger partial charge in [0.25, 0.3) is 0 Å². The molecule has 5 heteroatoms. The van der Waals surface area contributed by atoms with Crippen molar-refractivity contribution in [2.45, 2.75) is 58.6 Å². The molecule has 2 atom stereocenters. The lowest BCUT2D eigenvalue weighted by Gasteiger charge is -2.20. The van der Waals surface area contributed by atoms with Crippen LogP contribution in [0, 0.1) is 0 Å². The molecule has 0 saturated carbocycles. The highest BCUT2D eigenvalue weighted by Gasteiger charge is 2.18. The molecule has 0 aromatic carbocycles. The number of nitrogens with zero attached hydrogens (tertiary/aromatic N) is 2. The highest BCUT2D eigenvalue weighted by Crippen LogP contribution is 2.23. The minimum absolute atomic E-state index is 0.296. The van der Waals surface area contributed by atoms with E-state index in [1.54, 1.807) is 7.11 Å². The first-order chi connectivity index (χ1) is 9.53. The molecule has 2 unspecified atom stereocenters. The maximum absolute atomic E-state index is 6.43. The Labute approximate surface area is 127 Å². The Hall–Kier alpha value is -0.580. The number of halogens is 1. The van der Waals surface area contributed by atoms with Gasteiger partial charge in [-0.15, -0.1) is 0 Å². The fraction of sp³-hybridized carbons (Fsp3) is 0.800. The zero-order valence-corrected chi connectivity index (χ0v) is 14.1. The van der Waals surface area contributed by atoms with Crippen LogP contribution in [0.15, 0.2) is 0 Å². The average Bonchev–Trinajstić information content (AvgIpc) is 2.71. The van der Waals surface area contributed by atoms with E-state index in [1.807, 2.05) is 11.7 Å². The summed E-state index contributed by atoms with van der Waals surface area (Å²) in [6, 6.07) is 0.412. The van der Waals surface area contributed by atoms with Crippen LogP contribution < -0.4 is 5.32 Å². The van der Waals surface area contributed by atoms with Gasteiger partial charge in [0, 0.05) is 26.6 Å². The minimum Gasteiger partial charge on any atom is -0.382 e. The number of aryl methyl sites for hydroxylation is 2. The number of hydrogen-bond acceptors (Lipinski definition) is 3. The molecule has 0 spiro atoms. The summed E-state index contributed by atoms with van der Waals surface area (Å²) >= 11 is 6.43. The van der Waals surface area contributed by atoms with Crippen molar-refractivity contribution in [2.24, 2.45) is 7.05 Å². The highest BCUT2D eigenvalue weighted by molar-refractivity contribution is 6.31. The van der Waals surface area contributed by atoms with E-state index < -0.39 is 0 Å². The number of nitrogens with one attached hydrogen (secondary N) is 1. The van der Waals surface area contributed by atoms with Gasteiger partial charge in [-0.25, -0.2) is 0 Å². The summed E-state index contributed by atoms with van der Waals surface area (Å²) < 4.78 is 7.25. The van der Waals surface area contributed by atoms with Crippen LogP contribution in [0.25, 0.3) is 0 Å². The van der Waals surface area contributed by atoms with Crippen molar-refractivity contribution in [3.8, 4) is 0 Å². The lowest BCUT2D eigenvalue weighted by atomic mass is 10.0. The summed E-state index contributed by atoms with van der Waals surface area (Å²) in [5.41, 5.74) is 2.12. The van der Waals surface area contributed by atoms with Gasteiger partial charge in [-0.2, -0.15) is 5.10 Å². The second kappa shape index (κ2) is 8.65. The molecule has 116 valence electrons. The second-order valence-electron chi connectivity index (χ2n) is 5.27. The van der Waals surface area contributed by atoms with E-state index in [1.165, 1.54) is 0 Å². The predicted octanol–water partition coefficient (Wildman–Crippen LogP) is 2.97. The van der Waals surface area contributed by atoms with Gasteiger partial charge in [0.05, 0.1) is 22.5 Å². The van der Waals surface area contributed by atoms with Crippen LogP contribution in [0.5, 0.6) is 0 Å². The molecule has 1 aromatic heterocycles. The average molecular weight is 302 g/mol. The predicted molar refractivity (Wildman–Crippen MR) is 84.5 cm³/mol. The Morgan fingerprint density at radius 1 is 1.35 bits per heavy atom. The standard InChI is InChI=1S/C15H28ClN3O/c1-6-13-15(16)14(19(4)18-13)10-12(17-7-2)9-8-11(3)20-5/h11-12,17H,6-10H2,1-5H3. The minimum atomic E-state index is 0.296. The Balaban J connectivity index is 2.72. The Bertz CT molecular complexity index is 406. The first kappa shape index (κ1) is 17.5. The number of ether oxygens (including phenoxy) is 1. The summed E-state index contributed by atoms with van der Waals surface area (Å²) in [4.78, 5) is 0. The summed E-state index contributed by atoms with van der Waals surface area (Å²) in [6.45, 7) is 7.28. The molecular weight excluding hydrogens is 274 g/mol. The number of rotatable bonds is 9. The van der Waals surface area contributed by atoms with Gasteiger partial charge >= 0.3 is 0 Å². The molecule has 1 rings (SSSR count). The number of hydrogen-bond donors (Lipinski definition) is 1. The molecule has 1 heterocycles. The quantitative estimate of drug-likeness (QED) is 0.762. The second-order valence-corrected chi connectivity index (χ2v) is 5.64. The SMILES string of the molecule is CCNC(CCC(C)OC)Cc1c(Cl)c(CC)nn1C. The Morgan fingerprint density at radius 3 is 2.55 bits per heavy atom. The van der Waals surface area contributed by atoms with Crippen LogP contribution >= 0.6 is 11.6 Å². The van der Waals surface area contributed by atoms with Crippen molar-refractivity contribution in [1.29, 1.82) is 0 Å². The van der Waals surface area contributed by atoms with Gasteiger partial charge in [-0.3, -0.25) is 4.68 Å². The van der Waals surface area contributed by atoms with E-state index in [0.29, 0.717) is 12.1 Å². The van der Waals surface area contributed by atoms with Crippen LogP contribution in [-0.4, -0.2) is 35.6 Å². The molecule has 0 saturated heterocycles.